The normalized spacial score (nSPS) is 23.2. The molecular formula is C20H24F3N3O2S. The number of nitrogens with zero attached hydrogens (tertiary/aromatic N) is 3. The minimum atomic E-state index is -4.53. The van der Waals surface area contributed by atoms with Crippen LogP contribution in [0.2, 0.25) is 0 Å². The fraction of sp³-hybridized carbons (Fsp3) is 0.600. The molecule has 4 heterocycles. The predicted molar refractivity (Wildman–Crippen MR) is 102 cm³/mol. The highest BCUT2D eigenvalue weighted by Gasteiger charge is 2.45. The van der Waals surface area contributed by atoms with E-state index in [1.54, 1.807) is 11.3 Å². The van der Waals surface area contributed by atoms with Crippen molar-refractivity contribution in [2.45, 2.75) is 63.6 Å². The third kappa shape index (κ3) is 3.93. The Labute approximate surface area is 171 Å². The van der Waals surface area contributed by atoms with E-state index < -0.39 is 12.0 Å². The number of halogens is 3. The Bertz CT molecular complexity index is 861. The summed E-state index contributed by atoms with van der Waals surface area (Å²) in [7, 11) is 0. The van der Waals surface area contributed by atoms with Gasteiger partial charge < -0.3 is 9.84 Å². The maximum Gasteiger partial charge on any atom is 0.451 e. The Morgan fingerprint density at radius 1 is 1.31 bits per heavy atom. The lowest BCUT2D eigenvalue weighted by Crippen LogP contribution is -2.48. The minimum absolute atomic E-state index is 0.0409. The zero-order valence-electron chi connectivity index (χ0n) is 16.4. The van der Waals surface area contributed by atoms with E-state index in [2.05, 4.69) is 27.9 Å². The monoisotopic (exact) mass is 427 g/mol. The minimum Gasteiger partial charge on any atom is -0.391 e. The van der Waals surface area contributed by atoms with E-state index in [0.717, 1.165) is 37.2 Å². The average molecular weight is 427 g/mol. The summed E-state index contributed by atoms with van der Waals surface area (Å²) < 4.78 is 44.5. The van der Waals surface area contributed by atoms with Gasteiger partial charge in [-0.1, -0.05) is 0 Å². The van der Waals surface area contributed by atoms with Crippen LogP contribution in [0.15, 0.2) is 18.5 Å². The highest BCUT2D eigenvalue weighted by Crippen LogP contribution is 2.47. The molecule has 0 aromatic carbocycles. The van der Waals surface area contributed by atoms with Crippen molar-refractivity contribution in [3.8, 4) is 0 Å². The van der Waals surface area contributed by atoms with E-state index in [0.29, 0.717) is 5.56 Å². The van der Waals surface area contributed by atoms with Gasteiger partial charge in [0.05, 0.1) is 12.7 Å². The number of aliphatic hydroxyl groups is 1. The fourth-order valence-electron chi connectivity index (χ4n) is 4.42. The van der Waals surface area contributed by atoms with E-state index in [1.807, 2.05) is 6.92 Å². The molecular weight excluding hydrogens is 403 g/mol. The van der Waals surface area contributed by atoms with E-state index >= 15 is 0 Å². The van der Waals surface area contributed by atoms with Crippen molar-refractivity contribution < 1.29 is 23.0 Å². The highest BCUT2D eigenvalue weighted by atomic mass is 32.1. The Hall–Kier alpha value is -1.55. The SMILES string of the molecule is CC1Cc2cc(CO)sc2C2(CCN(C(C)c3cnc(C(F)(F)F)nc3)CC2)O1. The summed E-state index contributed by atoms with van der Waals surface area (Å²) in [5.74, 6) is -1.11. The van der Waals surface area contributed by atoms with Gasteiger partial charge in [-0.2, -0.15) is 13.2 Å². The Balaban J connectivity index is 1.49. The molecule has 2 aromatic heterocycles. The van der Waals surface area contributed by atoms with E-state index in [9.17, 15) is 18.3 Å². The van der Waals surface area contributed by atoms with Crippen LogP contribution in [0.4, 0.5) is 13.2 Å². The molecule has 158 valence electrons. The molecule has 0 amide bonds. The second-order valence-corrected chi connectivity index (χ2v) is 9.04. The highest BCUT2D eigenvalue weighted by molar-refractivity contribution is 7.12. The number of hydrogen-bond donors (Lipinski definition) is 1. The van der Waals surface area contributed by atoms with E-state index in [1.165, 1.54) is 22.8 Å². The van der Waals surface area contributed by atoms with E-state index in [-0.39, 0.29) is 24.4 Å². The number of fused-ring (bicyclic) bond motifs is 2. The summed E-state index contributed by atoms with van der Waals surface area (Å²) in [4.78, 5) is 11.4. The van der Waals surface area contributed by atoms with Gasteiger partial charge in [0.15, 0.2) is 0 Å². The molecule has 9 heteroatoms. The molecule has 0 bridgehead atoms. The zero-order chi connectivity index (χ0) is 20.8. The molecule has 2 aliphatic rings. The maximum absolute atomic E-state index is 12.7. The van der Waals surface area contributed by atoms with Gasteiger partial charge in [-0.05, 0) is 44.7 Å². The van der Waals surface area contributed by atoms with Crippen LogP contribution in [-0.4, -0.2) is 39.2 Å². The Morgan fingerprint density at radius 2 is 1.97 bits per heavy atom. The maximum atomic E-state index is 12.7. The van der Waals surface area contributed by atoms with Gasteiger partial charge in [-0.15, -0.1) is 11.3 Å². The average Bonchev–Trinajstić information content (AvgIpc) is 3.11. The van der Waals surface area contributed by atoms with Crippen molar-refractivity contribution in [3.63, 3.8) is 0 Å². The topological polar surface area (TPSA) is 58.5 Å². The van der Waals surface area contributed by atoms with Gasteiger partial charge in [-0.3, -0.25) is 4.90 Å². The largest absolute Gasteiger partial charge is 0.451 e. The summed E-state index contributed by atoms with van der Waals surface area (Å²) in [6.07, 6.45) is 0.611. The number of aromatic nitrogens is 2. The third-order valence-electron chi connectivity index (χ3n) is 5.93. The molecule has 1 N–H and O–H groups in total. The third-order valence-corrected chi connectivity index (χ3v) is 7.27. The van der Waals surface area contributed by atoms with Crippen LogP contribution >= 0.6 is 11.3 Å². The predicted octanol–water partition coefficient (Wildman–Crippen LogP) is 4.06. The summed E-state index contributed by atoms with van der Waals surface area (Å²) in [5.41, 5.74) is 1.61. The van der Waals surface area contributed by atoms with Crippen molar-refractivity contribution in [2.75, 3.05) is 13.1 Å². The number of alkyl halides is 3. The first-order chi connectivity index (χ1) is 13.7. The lowest BCUT2D eigenvalue weighted by atomic mass is 9.83. The molecule has 2 aromatic rings. The molecule has 0 saturated carbocycles. The second-order valence-electron chi connectivity index (χ2n) is 7.90. The number of ether oxygens (including phenoxy) is 1. The van der Waals surface area contributed by atoms with Gasteiger partial charge in [0, 0.05) is 46.8 Å². The summed E-state index contributed by atoms with van der Waals surface area (Å²) in [6.45, 7) is 5.62. The second kappa shape index (κ2) is 7.61. The Kier molecular flexibility index (Phi) is 5.43. The number of likely N-dealkylation sites (tertiary alicyclic amines) is 1. The zero-order valence-corrected chi connectivity index (χ0v) is 17.2. The standard InChI is InChI=1S/C20H24F3N3O2S/c1-12-7-14-8-16(11-27)29-17(14)19(28-12)3-5-26(6-4-19)13(2)15-9-24-18(25-10-15)20(21,22)23/h8-10,12-13,27H,3-7,11H2,1-2H3. The van der Waals surface area contributed by atoms with Gasteiger partial charge in [-0.25, -0.2) is 9.97 Å². The molecule has 1 spiro atoms. The van der Waals surface area contributed by atoms with Crippen LogP contribution < -0.4 is 0 Å². The first kappa shape index (κ1) is 20.7. The van der Waals surface area contributed by atoms with Gasteiger partial charge in [0.1, 0.15) is 5.60 Å². The molecule has 1 fully saturated rings. The summed E-state index contributed by atoms with van der Waals surface area (Å²) in [6, 6.07) is 2.02. The summed E-state index contributed by atoms with van der Waals surface area (Å²) >= 11 is 1.63. The van der Waals surface area contributed by atoms with E-state index in [4.69, 9.17) is 4.74 Å². The molecule has 4 rings (SSSR count). The van der Waals surface area contributed by atoms with Crippen molar-refractivity contribution >= 4 is 11.3 Å². The first-order valence-electron chi connectivity index (χ1n) is 9.76. The fourth-order valence-corrected chi connectivity index (χ4v) is 5.66. The molecule has 2 aliphatic heterocycles. The molecule has 0 aliphatic carbocycles. The van der Waals surface area contributed by atoms with Gasteiger partial charge in [0.2, 0.25) is 5.82 Å². The van der Waals surface area contributed by atoms with Crippen LogP contribution in [0, 0.1) is 0 Å². The smallest absolute Gasteiger partial charge is 0.391 e. The lowest BCUT2D eigenvalue weighted by Gasteiger charge is -2.47. The van der Waals surface area contributed by atoms with Crippen molar-refractivity contribution in [3.05, 3.63) is 45.2 Å². The number of piperidine rings is 1. The molecule has 2 unspecified atom stereocenters. The van der Waals surface area contributed by atoms with Crippen LogP contribution in [0.3, 0.4) is 0 Å². The number of aliphatic hydroxyl groups excluding tert-OH is 1. The van der Waals surface area contributed by atoms with Crippen LogP contribution in [0.25, 0.3) is 0 Å². The van der Waals surface area contributed by atoms with Crippen molar-refractivity contribution in [1.82, 2.24) is 14.9 Å². The molecule has 29 heavy (non-hydrogen) atoms. The molecule has 2 atom stereocenters. The molecule has 5 nitrogen and oxygen atoms in total. The number of rotatable bonds is 3. The van der Waals surface area contributed by atoms with Crippen LogP contribution in [-0.2, 0) is 29.5 Å². The van der Waals surface area contributed by atoms with Crippen LogP contribution in [0.5, 0.6) is 0 Å². The summed E-state index contributed by atoms with van der Waals surface area (Å²) in [5, 5.41) is 9.53. The Morgan fingerprint density at radius 3 is 2.55 bits per heavy atom. The number of hydrogen-bond acceptors (Lipinski definition) is 6. The molecule has 1 saturated heterocycles. The lowest BCUT2D eigenvalue weighted by molar-refractivity contribution is -0.145. The molecule has 0 radical (unpaired) electrons. The van der Waals surface area contributed by atoms with Crippen molar-refractivity contribution in [2.24, 2.45) is 0 Å². The van der Waals surface area contributed by atoms with Gasteiger partial charge >= 0.3 is 6.18 Å². The van der Waals surface area contributed by atoms with Gasteiger partial charge in [0.25, 0.3) is 0 Å². The quantitative estimate of drug-likeness (QED) is 0.801. The first-order valence-corrected chi connectivity index (χ1v) is 10.6. The van der Waals surface area contributed by atoms with Crippen LogP contribution in [0.1, 0.15) is 59.4 Å². The van der Waals surface area contributed by atoms with Crippen molar-refractivity contribution in [1.29, 1.82) is 0 Å². The number of thiophene rings is 1.